The summed E-state index contributed by atoms with van der Waals surface area (Å²) in [6, 6.07) is 0. The molecule has 115 valence electrons. The fraction of sp³-hybridized carbons (Fsp3) is 0.938. The van der Waals surface area contributed by atoms with Gasteiger partial charge in [-0.05, 0) is 52.1 Å². The fourth-order valence-corrected chi connectivity index (χ4v) is 3.50. The van der Waals surface area contributed by atoms with Crippen molar-refractivity contribution in [1.29, 1.82) is 0 Å². The third-order valence-corrected chi connectivity index (χ3v) is 4.32. The van der Waals surface area contributed by atoms with Gasteiger partial charge < -0.3 is 0 Å². The highest BCUT2D eigenvalue weighted by Gasteiger charge is 2.43. The van der Waals surface area contributed by atoms with Gasteiger partial charge in [-0.2, -0.15) is 0 Å². The molecule has 3 nitrogen and oxygen atoms in total. The molecule has 0 atom stereocenters. The average Bonchev–Trinajstić information content (AvgIpc) is 2.42. The number of hydrogen-bond donors (Lipinski definition) is 0. The molecule has 3 heteroatoms. The smallest absolute Gasteiger partial charge is 0.131 e. The van der Waals surface area contributed by atoms with Crippen LogP contribution in [0.5, 0.6) is 0 Å². The van der Waals surface area contributed by atoms with Crippen molar-refractivity contribution in [2.24, 2.45) is 0 Å². The average molecular weight is 270 g/mol. The Balaban J connectivity index is 5.68. The molecule has 0 amide bonds. The van der Waals surface area contributed by atoms with Crippen molar-refractivity contribution >= 4 is 0 Å². The summed E-state index contributed by atoms with van der Waals surface area (Å²) in [6.07, 6.45) is 2.08. The van der Waals surface area contributed by atoms with E-state index in [1.54, 1.807) is 0 Å². The normalized spacial score (nSPS) is 12.9. The third-order valence-electron chi connectivity index (χ3n) is 4.32. The minimum absolute atomic E-state index is 0.0399. The summed E-state index contributed by atoms with van der Waals surface area (Å²) in [4.78, 5) is 7.83. The molecule has 0 N–H and O–H groups in total. The van der Waals surface area contributed by atoms with Gasteiger partial charge in [-0.15, -0.1) is 0 Å². The van der Waals surface area contributed by atoms with E-state index in [1.807, 2.05) is 0 Å². The Kier molecular flexibility index (Phi) is 9.67. The molecule has 0 aromatic rings. The fourth-order valence-electron chi connectivity index (χ4n) is 3.50. The Morgan fingerprint density at radius 2 is 0.895 bits per heavy atom. The van der Waals surface area contributed by atoms with E-state index in [1.165, 1.54) is 0 Å². The Labute approximate surface area is 121 Å². The number of hydrogen-bond acceptors (Lipinski definition) is 3. The van der Waals surface area contributed by atoms with E-state index in [9.17, 15) is 0 Å². The summed E-state index contributed by atoms with van der Waals surface area (Å²) < 4.78 is 0. The lowest BCUT2D eigenvalue weighted by molar-refractivity contribution is -0.167. The van der Waals surface area contributed by atoms with Crippen molar-refractivity contribution in [2.75, 3.05) is 39.3 Å². The molecule has 0 heterocycles. The van der Waals surface area contributed by atoms with Gasteiger partial charge in [-0.3, -0.25) is 14.7 Å². The molecular formula is C16H36N3. The number of rotatable bonds is 11. The van der Waals surface area contributed by atoms with Gasteiger partial charge in [0.1, 0.15) is 5.79 Å². The molecule has 0 bridgehead atoms. The van der Waals surface area contributed by atoms with Gasteiger partial charge in [0, 0.05) is 0 Å². The Hall–Kier alpha value is -0.120. The highest BCUT2D eigenvalue weighted by molar-refractivity contribution is 4.89. The zero-order valence-electron chi connectivity index (χ0n) is 14.2. The van der Waals surface area contributed by atoms with Crippen LogP contribution < -0.4 is 0 Å². The summed E-state index contributed by atoms with van der Waals surface area (Å²) >= 11 is 0. The summed E-state index contributed by atoms with van der Waals surface area (Å²) in [7, 11) is 0. The van der Waals surface area contributed by atoms with Crippen molar-refractivity contribution in [3.05, 3.63) is 6.92 Å². The van der Waals surface area contributed by atoms with Crippen LogP contribution in [0.15, 0.2) is 0 Å². The van der Waals surface area contributed by atoms with Gasteiger partial charge >= 0.3 is 0 Å². The topological polar surface area (TPSA) is 9.72 Å². The lowest BCUT2D eigenvalue weighted by Gasteiger charge is -2.56. The quantitative estimate of drug-likeness (QED) is 0.534. The van der Waals surface area contributed by atoms with Crippen LogP contribution in [0.2, 0.25) is 0 Å². The van der Waals surface area contributed by atoms with E-state index in [-0.39, 0.29) is 5.79 Å². The van der Waals surface area contributed by atoms with Crippen LogP contribution >= 0.6 is 0 Å². The first-order valence-electron chi connectivity index (χ1n) is 8.16. The summed E-state index contributed by atoms with van der Waals surface area (Å²) in [5, 5.41) is 0. The first-order chi connectivity index (χ1) is 9.12. The standard InChI is InChI=1S/C16H36N3/c1-8-15-16(17(9-2)10-3,18(11-4)12-5)19(13-6)14-7/h1,8-15H2,2-7H3. The van der Waals surface area contributed by atoms with Crippen molar-refractivity contribution in [3.8, 4) is 0 Å². The first kappa shape index (κ1) is 18.9. The molecule has 19 heavy (non-hydrogen) atoms. The first-order valence-corrected chi connectivity index (χ1v) is 8.16. The van der Waals surface area contributed by atoms with Gasteiger partial charge in [0.2, 0.25) is 0 Å². The molecule has 0 fully saturated rings. The zero-order chi connectivity index (χ0) is 14.9. The van der Waals surface area contributed by atoms with Crippen LogP contribution in [-0.2, 0) is 0 Å². The maximum absolute atomic E-state index is 4.14. The van der Waals surface area contributed by atoms with Gasteiger partial charge in [0.15, 0.2) is 0 Å². The van der Waals surface area contributed by atoms with E-state index < -0.39 is 0 Å². The maximum Gasteiger partial charge on any atom is 0.131 e. The van der Waals surface area contributed by atoms with Crippen LogP contribution in [0.3, 0.4) is 0 Å². The third kappa shape index (κ3) is 3.93. The molecule has 0 spiro atoms. The van der Waals surface area contributed by atoms with E-state index in [4.69, 9.17) is 0 Å². The molecule has 0 aromatic carbocycles. The summed E-state index contributed by atoms with van der Waals surface area (Å²) in [5.41, 5.74) is 0. The molecule has 0 aliphatic heterocycles. The molecule has 1 radical (unpaired) electrons. The minimum Gasteiger partial charge on any atom is -0.273 e. The molecule has 0 aromatic heterocycles. The van der Waals surface area contributed by atoms with Crippen molar-refractivity contribution in [2.45, 2.75) is 60.2 Å². The van der Waals surface area contributed by atoms with Crippen LogP contribution in [0.1, 0.15) is 54.4 Å². The van der Waals surface area contributed by atoms with Crippen LogP contribution in [-0.4, -0.2) is 59.8 Å². The van der Waals surface area contributed by atoms with Gasteiger partial charge in [-0.1, -0.05) is 48.5 Å². The molecule has 0 aliphatic carbocycles. The highest BCUT2D eigenvalue weighted by atomic mass is 15.6. The van der Waals surface area contributed by atoms with Crippen LogP contribution in [0.25, 0.3) is 0 Å². The predicted octanol–water partition coefficient (Wildman–Crippen LogP) is 3.28. The Morgan fingerprint density at radius 1 is 0.632 bits per heavy atom. The van der Waals surface area contributed by atoms with E-state index >= 15 is 0 Å². The van der Waals surface area contributed by atoms with Gasteiger partial charge in [-0.25, -0.2) is 0 Å². The largest absolute Gasteiger partial charge is 0.273 e. The summed E-state index contributed by atoms with van der Waals surface area (Å²) in [6.45, 7) is 24.3. The van der Waals surface area contributed by atoms with Crippen molar-refractivity contribution < 1.29 is 0 Å². The van der Waals surface area contributed by atoms with Gasteiger partial charge in [0.05, 0.1) is 0 Å². The van der Waals surface area contributed by atoms with Crippen LogP contribution in [0, 0.1) is 6.92 Å². The second-order valence-electron chi connectivity index (χ2n) is 4.89. The minimum atomic E-state index is 0.0399. The number of nitrogens with zero attached hydrogens (tertiary/aromatic N) is 3. The maximum atomic E-state index is 4.14. The molecular weight excluding hydrogens is 234 g/mol. The van der Waals surface area contributed by atoms with Gasteiger partial charge in [0.25, 0.3) is 0 Å². The summed E-state index contributed by atoms with van der Waals surface area (Å²) in [5.74, 6) is 0.0399. The monoisotopic (exact) mass is 270 g/mol. The Bertz CT molecular complexity index is 175. The van der Waals surface area contributed by atoms with Crippen molar-refractivity contribution in [3.63, 3.8) is 0 Å². The molecule has 0 saturated carbocycles. The zero-order valence-corrected chi connectivity index (χ0v) is 14.2. The van der Waals surface area contributed by atoms with E-state index in [0.717, 1.165) is 52.1 Å². The second-order valence-corrected chi connectivity index (χ2v) is 4.89. The lowest BCUT2D eigenvalue weighted by atomic mass is 10.1. The predicted molar refractivity (Wildman–Crippen MR) is 86.1 cm³/mol. The highest BCUT2D eigenvalue weighted by Crippen LogP contribution is 2.30. The second kappa shape index (κ2) is 9.73. The molecule has 0 saturated heterocycles. The Morgan fingerprint density at radius 3 is 1.05 bits per heavy atom. The van der Waals surface area contributed by atoms with E-state index in [0.29, 0.717) is 0 Å². The van der Waals surface area contributed by atoms with E-state index in [2.05, 4.69) is 63.2 Å². The molecule has 0 unspecified atom stereocenters. The molecule has 0 rings (SSSR count). The van der Waals surface area contributed by atoms with Crippen LogP contribution in [0.4, 0.5) is 0 Å². The SMILES string of the molecule is [CH2]CCC(N(CC)CC)(N(CC)CC)N(CC)CC. The molecule has 0 aliphatic rings. The van der Waals surface area contributed by atoms with Crippen molar-refractivity contribution in [1.82, 2.24) is 14.7 Å². The lowest BCUT2D eigenvalue weighted by Crippen LogP contribution is -2.69.